The highest BCUT2D eigenvalue weighted by Crippen LogP contribution is 2.30. The Hall–Kier alpha value is -2.26. The fourth-order valence-electron chi connectivity index (χ4n) is 3.01. The third kappa shape index (κ3) is 3.42. The Balaban J connectivity index is 1.76. The molecule has 1 fully saturated rings. The SMILES string of the molecule is Cc1noc(C2CCN(S(=O)(=O)c3ccc(C(=O)O)c(C)c3)CC2)n1. The molecule has 0 spiro atoms. The molecule has 1 aromatic heterocycles. The Bertz CT molecular complexity index is 898. The lowest BCUT2D eigenvalue weighted by atomic mass is 9.98. The Morgan fingerprint density at radius 2 is 1.96 bits per heavy atom. The number of carboxylic acids is 1. The van der Waals surface area contributed by atoms with Gasteiger partial charge in [-0.05, 0) is 50.5 Å². The first-order chi connectivity index (χ1) is 11.8. The molecule has 1 aromatic carbocycles. The number of benzene rings is 1. The lowest BCUT2D eigenvalue weighted by Crippen LogP contribution is -2.38. The standard InChI is InChI=1S/C16H19N3O5S/c1-10-9-13(3-4-14(10)16(20)21)25(22,23)19-7-5-12(6-8-19)15-17-11(2)18-24-15/h3-4,9,12H,5-8H2,1-2H3,(H,20,21). The molecule has 3 rings (SSSR count). The molecule has 0 bridgehead atoms. The van der Waals surface area contributed by atoms with Gasteiger partial charge in [0.25, 0.3) is 0 Å². The highest BCUT2D eigenvalue weighted by molar-refractivity contribution is 7.89. The van der Waals surface area contributed by atoms with Crippen LogP contribution < -0.4 is 0 Å². The molecular weight excluding hydrogens is 346 g/mol. The van der Waals surface area contributed by atoms with Crippen LogP contribution in [0.25, 0.3) is 0 Å². The molecule has 134 valence electrons. The van der Waals surface area contributed by atoms with Crippen LogP contribution in [0.15, 0.2) is 27.6 Å². The molecule has 8 nitrogen and oxygen atoms in total. The molecule has 0 atom stereocenters. The number of sulfonamides is 1. The number of aromatic nitrogens is 2. The van der Waals surface area contributed by atoms with Crippen molar-refractivity contribution in [1.29, 1.82) is 0 Å². The molecule has 1 aliphatic heterocycles. The molecule has 0 aliphatic carbocycles. The lowest BCUT2D eigenvalue weighted by Gasteiger charge is -2.29. The number of nitrogens with zero attached hydrogens (tertiary/aromatic N) is 3. The smallest absolute Gasteiger partial charge is 0.335 e. The second-order valence-electron chi connectivity index (χ2n) is 6.14. The van der Waals surface area contributed by atoms with Crippen LogP contribution in [0, 0.1) is 13.8 Å². The molecule has 0 unspecified atom stereocenters. The van der Waals surface area contributed by atoms with Crippen LogP contribution in [0.5, 0.6) is 0 Å². The molecule has 0 radical (unpaired) electrons. The predicted octanol–water partition coefficient (Wildman–Crippen LogP) is 1.95. The van der Waals surface area contributed by atoms with Crippen molar-refractivity contribution in [3.63, 3.8) is 0 Å². The quantitative estimate of drug-likeness (QED) is 0.881. The number of piperidine rings is 1. The first-order valence-electron chi connectivity index (χ1n) is 7.93. The molecule has 1 aliphatic rings. The van der Waals surface area contributed by atoms with Crippen molar-refractivity contribution in [2.24, 2.45) is 0 Å². The van der Waals surface area contributed by atoms with Crippen molar-refractivity contribution in [3.8, 4) is 0 Å². The first-order valence-corrected chi connectivity index (χ1v) is 9.37. The first kappa shape index (κ1) is 17.6. The maximum Gasteiger partial charge on any atom is 0.335 e. The molecule has 1 saturated heterocycles. The van der Waals surface area contributed by atoms with Gasteiger partial charge in [0.15, 0.2) is 5.82 Å². The van der Waals surface area contributed by atoms with Crippen LogP contribution in [0.4, 0.5) is 0 Å². The number of carbonyl (C=O) groups is 1. The van der Waals surface area contributed by atoms with Crippen LogP contribution in [-0.4, -0.2) is 47.0 Å². The Morgan fingerprint density at radius 1 is 1.28 bits per heavy atom. The Kier molecular flexibility index (Phi) is 4.61. The molecule has 9 heteroatoms. The summed E-state index contributed by atoms with van der Waals surface area (Å²) in [5.41, 5.74) is 0.522. The molecular formula is C16H19N3O5S. The topological polar surface area (TPSA) is 114 Å². The van der Waals surface area contributed by atoms with Gasteiger partial charge in [0.1, 0.15) is 0 Å². The van der Waals surface area contributed by atoms with E-state index in [0.717, 1.165) is 0 Å². The minimum Gasteiger partial charge on any atom is -0.478 e. The van der Waals surface area contributed by atoms with E-state index in [0.29, 0.717) is 43.2 Å². The molecule has 25 heavy (non-hydrogen) atoms. The molecule has 0 saturated carbocycles. The highest BCUT2D eigenvalue weighted by atomic mass is 32.2. The molecule has 1 N–H and O–H groups in total. The number of hydrogen-bond acceptors (Lipinski definition) is 6. The van der Waals surface area contributed by atoms with Crippen LogP contribution in [0.2, 0.25) is 0 Å². The third-order valence-corrected chi connectivity index (χ3v) is 6.31. The summed E-state index contributed by atoms with van der Waals surface area (Å²) >= 11 is 0. The minimum atomic E-state index is -3.65. The molecule has 2 heterocycles. The number of aromatic carboxylic acids is 1. The summed E-state index contributed by atoms with van der Waals surface area (Å²) in [4.78, 5) is 15.4. The number of hydrogen-bond donors (Lipinski definition) is 1. The van der Waals surface area contributed by atoms with Gasteiger partial charge in [0.05, 0.1) is 10.5 Å². The average molecular weight is 365 g/mol. The van der Waals surface area contributed by atoms with Gasteiger partial charge in [-0.3, -0.25) is 0 Å². The summed E-state index contributed by atoms with van der Waals surface area (Å²) in [5, 5.41) is 12.8. The van der Waals surface area contributed by atoms with E-state index in [9.17, 15) is 13.2 Å². The zero-order valence-corrected chi connectivity index (χ0v) is 14.8. The monoisotopic (exact) mass is 365 g/mol. The average Bonchev–Trinajstić information content (AvgIpc) is 3.01. The van der Waals surface area contributed by atoms with E-state index in [2.05, 4.69) is 10.1 Å². The predicted molar refractivity (Wildman–Crippen MR) is 87.9 cm³/mol. The van der Waals surface area contributed by atoms with E-state index in [4.69, 9.17) is 9.63 Å². The zero-order valence-electron chi connectivity index (χ0n) is 14.0. The summed E-state index contributed by atoms with van der Waals surface area (Å²) in [5.74, 6) is 0.108. The zero-order chi connectivity index (χ0) is 18.2. The van der Waals surface area contributed by atoms with E-state index < -0.39 is 16.0 Å². The van der Waals surface area contributed by atoms with E-state index in [1.54, 1.807) is 13.8 Å². The maximum absolute atomic E-state index is 12.8. The summed E-state index contributed by atoms with van der Waals surface area (Å²) in [6, 6.07) is 4.09. The van der Waals surface area contributed by atoms with Gasteiger partial charge in [-0.2, -0.15) is 9.29 Å². The maximum atomic E-state index is 12.8. The minimum absolute atomic E-state index is 0.0590. The van der Waals surface area contributed by atoms with E-state index >= 15 is 0 Å². The van der Waals surface area contributed by atoms with E-state index in [-0.39, 0.29) is 16.4 Å². The van der Waals surface area contributed by atoms with Crippen molar-refractivity contribution in [2.45, 2.75) is 37.5 Å². The van der Waals surface area contributed by atoms with Gasteiger partial charge in [0, 0.05) is 19.0 Å². The van der Waals surface area contributed by atoms with Gasteiger partial charge in [-0.25, -0.2) is 13.2 Å². The Morgan fingerprint density at radius 3 is 2.48 bits per heavy atom. The van der Waals surface area contributed by atoms with Gasteiger partial charge >= 0.3 is 5.97 Å². The van der Waals surface area contributed by atoms with Crippen molar-refractivity contribution in [2.75, 3.05) is 13.1 Å². The second-order valence-corrected chi connectivity index (χ2v) is 8.08. The second kappa shape index (κ2) is 6.57. The van der Waals surface area contributed by atoms with Crippen molar-refractivity contribution in [1.82, 2.24) is 14.4 Å². The molecule has 2 aromatic rings. The van der Waals surface area contributed by atoms with Gasteiger partial charge < -0.3 is 9.63 Å². The van der Waals surface area contributed by atoms with Crippen LogP contribution in [-0.2, 0) is 10.0 Å². The van der Waals surface area contributed by atoms with Crippen LogP contribution in [0.1, 0.15) is 46.4 Å². The fraction of sp³-hybridized carbons (Fsp3) is 0.438. The lowest BCUT2D eigenvalue weighted by molar-refractivity contribution is 0.0696. The van der Waals surface area contributed by atoms with E-state index in [1.807, 2.05) is 0 Å². The largest absolute Gasteiger partial charge is 0.478 e. The van der Waals surface area contributed by atoms with Gasteiger partial charge in [-0.1, -0.05) is 5.16 Å². The highest BCUT2D eigenvalue weighted by Gasteiger charge is 2.32. The molecule has 0 amide bonds. The van der Waals surface area contributed by atoms with Crippen LogP contribution in [0.3, 0.4) is 0 Å². The van der Waals surface area contributed by atoms with Crippen molar-refractivity contribution < 1.29 is 22.8 Å². The normalized spacial score (nSPS) is 16.9. The van der Waals surface area contributed by atoms with Crippen molar-refractivity contribution in [3.05, 3.63) is 41.0 Å². The van der Waals surface area contributed by atoms with E-state index in [1.165, 1.54) is 22.5 Å². The van der Waals surface area contributed by atoms with Crippen molar-refractivity contribution >= 4 is 16.0 Å². The summed E-state index contributed by atoms with van der Waals surface area (Å²) in [6.07, 6.45) is 1.21. The number of rotatable bonds is 4. The fourth-order valence-corrected chi connectivity index (χ4v) is 4.56. The summed E-state index contributed by atoms with van der Waals surface area (Å²) in [6.45, 7) is 4.05. The van der Waals surface area contributed by atoms with Gasteiger partial charge in [0.2, 0.25) is 15.9 Å². The number of carboxylic acid groups (broad SMARTS) is 1. The third-order valence-electron chi connectivity index (χ3n) is 4.41. The number of aryl methyl sites for hydroxylation is 2. The van der Waals surface area contributed by atoms with Crippen LogP contribution >= 0.6 is 0 Å². The Labute approximate surface area is 145 Å². The summed E-state index contributed by atoms with van der Waals surface area (Å²) < 4.78 is 32.2. The summed E-state index contributed by atoms with van der Waals surface area (Å²) in [7, 11) is -3.65. The van der Waals surface area contributed by atoms with Gasteiger partial charge in [-0.15, -0.1) is 0 Å².